The van der Waals surface area contributed by atoms with Crippen molar-refractivity contribution in [3.05, 3.63) is 45.5 Å². The van der Waals surface area contributed by atoms with E-state index in [9.17, 15) is 9.59 Å². The van der Waals surface area contributed by atoms with Crippen LogP contribution in [0, 0.1) is 5.41 Å². The van der Waals surface area contributed by atoms with Gasteiger partial charge in [0.1, 0.15) is 22.7 Å². The number of aromatic nitrogens is 2. The molecule has 2 aromatic heterocycles. The summed E-state index contributed by atoms with van der Waals surface area (Å²) in [5.41, 5.74) is 1.79. The van der Waals surface area contributed by atoms with Crippen LogP contribution in [0.4, 0.5) is 0 Å². The highest BCUT2D eigenvalue weighted by molar-refractivity contribution is 7.12. The molecule has 1 amide bonds. The normalized spacial score (nSPS) is 17.5. The highest BCUT2D eigenvalue weighted by Crippen LogP contribution is 2.46. The van der Waals surface area contributed by atoms with Gasteiger partial charge < -0.3 is 14.4 Å². The molecule has 0 radical (unpaired) electrons. The molecule has 2 aliphatic rings. The summed E-state index contributed by atoms with van der Waals surface area (Å²) in [6, 6.07) is 5.47. The third-order valence-electron chi connectivity index (χ3n) is 7.21. The van der Waals surface area contributed by atoms with Crippen molar-refractivity contribution >= 4 is 33.9 Å². The number of nitrogens with zero attached hydrogens (tertiary/aromatic N) is 3. The van der Waals surface area contributed by atoms with Gasteiger partial charge in [-0.2, -0.15) is 0 Å². The second-order valence-electron chi connectivity index (χ2n) is 10.7. The second-order valence-corrected chi connectivity index (χ2v) is 11.8. The average molecular weight is 494 g/mol. The molecule has 3 heterocycles. The second kappa shape index (κ2) is 8.59. The van der Waals surface area contributed by atoms with Crippen molar-refractivity contribution in [1.82, 2.24) is 14.9 Å². The maximum Gasteiger partial charge on any atom is 0.254 e. The minimum Gasteiger partial charge on any atom is -0.495 e. The van der Waals surface area contributed by atoms with E-state index in [1.54, 1.807) is 37.8 Å². The quantitative estimate of drug-likeness (QED) is 0.507. The van der Waals surface area contributed by atoms with Gasteiger partial charge in [-0.1, -0.05) is 20.8 Å². The number of benzene rings is 1. The SMILES string of the molecule is COc1cnc2c(OC)cc(C(=O)N3CCC4(CC3)CC(=O)c3nc(C(C)(C)C)sc3C4)cc2c1. The zero-order valence-corrected chi connectivity index (χ0v) is 21.8. The van der Waals surface area contributed by atoms with E-state index in [4.69, 9.17) is 14.5 Å². The van der Waals surface area contributed by atoms with E-state index in [-0.39, 0.29) is 22.5 Å². The van der Waals surface area contributed by atoms with Crippen LogP contribution in [0.1, 0.15) is 70.8 Å². The number of ketones is 1. The zero-order chi connectivity index (χ0) is 25.0. The minimum atomic E-state index is -0.0824. The molecule has 1 saturated heterocycles. The van der Waals surface area contributed by atoms with Gasteiger partial charge in [0.05, 0.1) is 25.4 Å². The maximum absolute atomic E-state index is 13.5. The minimum absolute atomic E-state index is 0.0292. The molecule has 0 bridgehead atoms. The summed E-state index contributed by atoms with van der Waals surface area (Å²) in [6.07, 6.45) is 4.66. The number of pyridine rings is 1. The lowest BCUT2D eigenvalue weighted by Gasteiger charge is -2.43. The Kier molecular flexibility index (Phi) is 5.82. The Morgan fingerprint density at radius 3 is 2.49 bits per heavy atom. The molecule has 0 unspecified atom stereocenters. The van der Waals surface area contributed by atoms with Gasteiger partial charge in [-0.3, -0.25) is 9.59 Å². The van der Waals surface area contributed by atoms with Crippen LogP contribution in [0.15, 0.2) is 24.4 Å². The molecule has 0 N–H and O–H groups in total. The van der Waals surface area contributed by atoms with Crippen molar-refractivity contribution in [2.75, 3.05) is 27.3 Å². The standard InChI is InChI=1S/C27H31N3O4S/c1-26(2,3)25-29-23-19(31)13-27(14-21(23)35-25)6-8-30(9-7-27)24(32)17-10-16-11-18(33-4)15-28-22(16)20(12-17)34-5/h10-12,15H,6-9,13-14H2,1-5H3. The molecule has 1 aliphatic heterocycles. The lowest BCUT2D eigenvalue weighted by Crippen LogP contribution is -2.46. The Balaban J connectivity index is 1.35. The Morgan fingerprint density at radius 1 is 1.09 bits per heavy atom. The molecular formula is C27H31N3O4S. The van der Waals surface area contributed by atoms with E-state index in [0.29, 0.717) is 47.8 Å². The van der Waals surface area contributed by atoms with Gasteiger partial charge in [-0.15, -0.1) is 11.3 Å². The number of hydrogen-bond donors (Lipinski definition) is 0. The predicted molar refractivity (Wildman–Crippen MR) is 136 cm³/mol. The topological polar surface area (TPSA) is 81.6 Å². The number of ether oxygens (including phenoxy) is 2. The summed E-state index contributed by atoms with van der Waals surface area (Å²) >= 11 is 1.68. The number of Topliss-reactive ketones (excluding diaryl/α,β-unsaturated/α-hetero) is 1. The van der Waals surface area contributed by atoms with E-state index in [1.165, 1.54) is 0 Å². The molecular weight excluding hydrogens is 462 g/mol. The fraction of sp³-hybridized carbons (Fsp3) is 0.481. The molecule has 1 aromatic carbocycles. The van der Waals surface area contributed by atoms with E-state index >= 15 is 0 Å². The third kappa shape index (κ3) is 4.29. The molecule has 5 rings (SSSR count). The van der Waals surface area contributed by atoms with Gasteiger partial charge in [0.2, 0.25) is 0 Å². The van der Waals surface area contributed by atoms with Gasteiger partial charge >= 0.3 is 0 Å². The summed E-state index contributed by atoms with van der Waals surface area (Å²) in [4.78, 5) is 38.6. The Labute approximate surface area is 209 Å². The maximum atomic E-state index is 13.5. The Hall–Kier alpha value is -3.00. The number of carbonyl (C=O) groups is 2. The first-order chi connectivity index (χ1) is 16.6. The lowest BCUT2D eigenvalue weighted by molar-refractivity contribution is 0.0522. The molecule has 8 heteroatoms. The molecule has 0 saturated carbocycles. The zero-order valence-electron chi connectivity index (χ0n) is 20.9. The number of carbonyl (C=O) groups excluding carboxylic acids is 2. The summed E-state index contributed by atoms with van der Waals surface area (Å²) < 4.78 is 10.8. The van der Waals surface area contributed by atoms with Crippen molar-refractivity contribution < 1.29 is 19.1 Å². The van der Waals surface area contributed by atoms with Crippen LogP contribution >= 0.6 is 11.3 Å². The van der Waals surface area contributed by atoms with Crippen molar-refractivity contribution in [2.24, 2.45) is 5.41 Å². The van der Waals surface area contributed by atoms with Crippen molar-refractivity contribution in [1.29, 1.82) is 0 Å². The first kappa shape index (κ1) is 23.7. The Bertz CT molecular complexity index is 1320. The highest BCUT2D eigenvalue weighted by Gasteiger charge is 2.44. The molecule has 7 nitrogen and oxygen atoms in total. The summed E-state index contributed by atoms with van der Waals surface area (Å²) in [5, 5.41) is 1.82. The Morgan fingerprint density at radius 2 is 1.83 bits per heavy atom. The van der Waals surface area contributed by atoms with Crippen LogP contribution in [0.3, 0.4) is 0 Å². The van der Waals surface area contributed by atoms with Crippen LogP contribution in [0.5, 0.6) is 11.5 Å². The highest BCUT2D eigenvalue weighted by atomic mass is 32.1. The van der Waals surface area contributed by atoms with Gasteiger partial charge in [0, 0.05) is 40.8 Å². The summed E-state index contributed by atoms with van der Waals surface area (Å²) in [6.45, 7) is 7.66. The van der Waals surface area contributed by atoms with Crippen LogP contribution in [-0.4, -0.2) is 53.9 Å². The fourth-order valence-corrected chi connectivity index (χ4v) is 6.46. The average Bonchev–Trinajstić information content (AvgIpc) is 3.28. The molecule has 0 atom stereocenters. The van der Waals surface area contributed by atoms with E-state index in [2.05, 4.69) is 25.8 Å². The van der Waals surface area contributed by atoms with Gasteiger partial charge in [-0.25, -0.2) is 9.97 Å². The predicted octanol–water partition coefficient (Wildman–Crippen LogP) is 5.06. The number of methoxy groups -OCH3 is 2. The molecule has 1 fully saturated rings. The number of amides is 1. The first-order valence-corrected chi connectivity index (χ1v) is 12.8. The number of rotatable bonds is 3. The van der Waals surface area contributed by atoms with Gasteiger partial charge in [0.15, 0.2) is 5.78 Å². The number of hydrogen-bond acceptors (Lipinski definition) is 7. The van der Waals surface area contributed by atoms with Gasteiger partial charge in [-0.05, 0) is 42.9 Å². The summed E-state index contributed by atoms with van der Waals surface area (Å²) in [5.74, 6) is 1.31. The molecule has 3 aromatic rings. The van der Waals surface area contributed by atoms with Crippen molar-refractivity contribution in [3.63, 3.8) is 0 Å². The van der Waals surface area contributed by atoms with E-state index in [0.717, 1.165) is 34.5 Å². The monoisotopic (exact) mass is 493 g/mol. The molecule has 1 spiro atoms. The number of likely N-dealkylation sites (tertiary alicyclic amines) is 1. The number of piperidine rings is 1. The largest absolute Gasteiger partial charge is 0.495 e. The fourth-order valence-electron chi connectivity index (χ4n) is 5.14. The van der Waals surface area contributed by atoms with Crippen molar-refractivity contribution in [2.45, 2.75) is 51.9 Å². The summed E-state index contributed by atoms with van der Waals surface area (Å²) in [7, 11) is 3.17. The van der Waals surface area contributed by atoms with E-state index in [1.807, 2.05) is 17.0 Å². The smallest absolute Gasteiger partial charge is 0.254 e. The van der Waals surface area contributed by atoms with Crippen LogP contribution in [0.25, 0.3) is 10.9 Å². The van der Waals surface area contributed by atoms with Crippen molar-refractivity contribution in [3.8, 4) is 11.5 Å². The molecule has 35 heavy (non-hydrogen) atoms. The van der Waals surface area contributed by atoms with E-state index < -0.39 is 0 Å². The van der Waals surface area contributed by atoms with Crippen LogP contribution in [0.2, 0.25) is 0 Å². The first-order valence-electron chi connectivity index (χ1n) is 12.0. The van der Waals surface area contributed by atoms with Crippen LogP contribution < -0.4 is 9.47 Å². The van der Waals surface area contributed by atoms with Gasteiger partial charge in [0.25, 0.3) is 5.91 Å². The molecule has 1 aliphatic carbocycles. The molecule has 184 valence electrons. The number of thiazole rings is 1. The van der Waals surface area contributed by atoms with Crippen LogP contribution in [-0.2, 0) is 11.8 Å². The number of fused-ring (bicyclic) bond motifs is 2. The lowest BCUT2D eigenvalue weighted by atomic mass is 9.68. The third-order valence-corrected chi connectivity index (χ3v) is 8.69.